The highest BCUT2D eigenvalue weighted by Crippen LogP contribution is 2.08. The minimum Gasteiger partial charge on any atom is -0.366 e. The second kappa shape index (κ2) is 5.41. The van der Waals surface area contributed by atoms with E-state index in [4.69, 9.17) is 0 Å². The third-order valence-electron chi connectivity index (χ3n) is 2.24. The van der Waals surface area contributed by atoms with Crippen LogP contribution in [0, 0.1) is 0 Å². The van der Waals surface area contributed by atoms with E-state index in [-0.39, 0.29) is 0 Å². The summed E-state index contributed by atoms with van der Waals surface area (Å²) in [5, 5.41) is 14.4. The van der Waals surface area contributed by atoms with Crippen LogP contribution in [0.25, 0.3) is 5.65 Å². The molecule has 86 valence electrons. The molecule has 0 saturated carbocycles. The average molecular weight is 220 g/mol. The Bertz CT molecular complexity index is 438. The Morgan fingerprint density at radius 1 is 1.31 bits per heavy atom. The number of aromatic nitrogens is 4. The predicted octanol–water partition coefficient (Wildman–Crippen LogP) is 0.536. The van der Waals surface area contributed by atoms with Crippen molar-refractivity contribution in [2.24, 2.45) is 0 Å². The standard InChI is InChI=1S/C10H16N6/c1-2-3-11-4-5-12-9-10-15-14-8-16(10)7-6-13-9/h6-8,11H,2-5H2,1H3,(H,12,13). The summed E-state index contributed by atoms with van der Waals surface area (Å²) in [4.78, 5) is 4.23. The SMILES string of the molecule is CCCNCCNc1nccn2cnnc12. The van der Waals surface area contributed by atoms with Crippen LogP contribution in [-0.2, 0) is 0 Å². The number of fused-ring (bicyclic) bond motifs is 1. The predicted molar refractivity (Wildman–Crippen MR) is 62.4 cm³/mol. The number of nitrogens with one attached hydrogen (secondary N) is 2. The van der Waals surface area contributed by atoms with E-state index < -0.39 is 0 Å². The molecule has 2 N–H and O–H groups in total. The van der Waals surface area contributed by atoms with Crippen LogP contribution in [0.3, 0.4) is 0 Å². The quantitative estimate of drug-likeness (QED) is 0.695. The van der Waals surface area contributed by atoms with Gasteiger partial charge in [0.2, 0.25) is 5.65 Å². The first-order chi connectivity index (χ1) is 7.92. The molecule has 0 bridgehead atoms. The molecular formula is C10H16N6. The zero-order valence-electron chi connectivity index (χ0n) is 9.35. The summed E-state index contributed by atoms with van der Waals surface area (Å²) in [7, 11) is 0. The summed E-state index contributed by atoms with van der Waals surface area (Å²) in [6.45, 7) is 4.95. The number of hydrogen-bond donors (Lipinski definition) is 2. The molecule has 0 fully saturated rings. The summed E-state index contributed by atoms with van der Waals surface area (Å²) in [6, 6.07) is 0. The number of rotatable bonds is 6. The van der Waals surface area contributed by atoms with Gasteiger partial charge >= 0.3 is 0 Å². The van der Waals surface area contributed by atoms with Gasteiger partial charge in [0.1, 0.15) is 6.33 Å². The van der Waals surface area contributed by atoms with Crippen molar-refractivity contribution in [1.29, 1.82) is 0 Å². The highest BCUT2D eigenvalue weighted by Gasteiger charge is 2.02. The van der Waals surface area contributed by atoms with Crippen molar-refractivity contribution in [3.05, 3.63) is 18.7 Å². The largest absolute Gasteiger partial charge is 0.366 e. The Morgan fingerprint density at radius 2 is 2.25 bits per heavy atom. The first-order valence-electron chi connectivity index (χ1n) is 5.50. The molecule has 0 aliphatic rings. The van der Waals surface area contributed by atoms with Gasteiger partial charge in [-0.05, 0) is 13.0 Å². The van der Waals surface area contributed by atoms with Crippen LogP contribution in [-0.4, -0.2) is 39.2 Å². The Hall–Kier alpha value is -1.69. The second-order valence-electron chi connectivity index (χ2n) is 3.51. The molecule has 2 heterocycles. The lowest BCUT2D eigenvalue weighted by Gasteiger charge is -2.06. The third-order valence-corrected chi connectivity index (χ3v) is 2.24. The van der Waals surface area contributed by atoms with Crippen molar-refractivity contribution >= 4 is 11.5 Å². The highest BCUT2D eigenvalue weighted by molar-refractivity contribution is 5.61. The molecule has 0 unspecified atom stereocenters. The van der Waals surface area contributed by atoms with Gasteiger partial charge in [0.05, 0.1) is 0 Å². The molecule has 2 aromatic rings. The van der Waals surface area contributed by atoms with Gasteiger partial charge in [-0.1, -0.05) is 6.92 Å². The summed E-state index contributed by atoms with van der Waals surface area (Å²) >= 11 is 0. The Kier molecular flexibility index (Phi) is 3.66. The minimum absolute atomic E-state index is 0.762. The van der Waals surface area contributed by atoms with Crippen LogP contribution in [0.2, 0.25) is 0 Å². The zero-order chi connectivity index (χ0) is 11.2. The van der Waals surface area contributed by atoms with Gasteiger partial charge < -0.3 is 10.6 Å². The van der Waals surface area contributed by atoms with E-state index in [9.17, 15) is 0 Å². The zero-order valence-corrected chi connectivity index (χ0v) is 9.35. The van der Waals surface area contributed by atoms with E-state index in [1.165, 1.54) is 0 Å². The summed E-state index contributed by atoms with van der Waals surface area (Å²) in [6.07, 6.45) is 6.38. The fraction of sp³-hybridized carbons (Fsp3) is 0.500. The Labute approximate surface area is 94.1 Å². The molecule has 2 aromatic heterocycles. The fourth-order valence-corrected chi connectivity index (χ4v) is 1.45. The second-order valence-corrected chi connectivity index (χ2v) is 3.51. The van der Waals surface area contributed by atoms with E-state index in [2.05, 4.69) is 32.7 Å². The summed E-state index contributed by atoms with van der Waals surface area (Å²) in [5.74, 6) is 0.776. The molecular weight excluding hydrogens is 204 g/mol. The maximum absolute atomic E-state index is 4.23. The first kappa shape index (κ1) is 10.8. The van der Waals surface area contributed by atoms with Crippen molar-refractivity contribution in [2.75, 3.05) is 25.0 Å². The fourth-order valence-electron chi connectivity index (χ4n) is 1.45. The van der Waals surface area contributed by atoms with Gasteiger partial charge in [-0.15, -0.1) is 10.2 Å². The van der Waals surface area contributed by atoms with Crippen LogP contribution in [0.5, 0.6) is 0 Å². The molecule has 6 heteroatoms. The van der Waals surface area contributed by atoms with Gasteiger partial charge in [0.25, 0.3) is 0 Å². The van der Waals surface area contributed by atoms with Crippen LogP contribution in [0.1, 0.15) is 13.3 Å². The molecule has 0 radical (unpaired) electrons. The minimum atomic E-state index is 0.762. The smallest absolute Gasteiger partial charge is 0.203 e. The van der Waals surface area contributed by atoms with E-state index in [1.54, 1.807) is 12.5 Å². The highest BCUT2D eigenvalue weighted by atomic mass is 15.2. The van der Waals surface area contributed by atoms with E-state index >= 15 is 0 Å². The average Bonchev–Trinajstić information content (AvgIpc) is 2.77. The van der Waals surface area contributed by atoms with Gasteiger partial charge in [-0.2, -0.15) is 0 Å². The third kappa shape index (κ3) is 2.46. The molecule has 6 nitrogen and oxygen atoms in total. The van der Waals surface area contributed by atoms with E-state index in [1.807, 2.05) is 10.6 Å². The van der Waals surface area contributed by atoms with Crippen molar-refractivity contribution in [3.63, 3.8) is 0 Å². The number of hydrogen-bond acceptors (Lipinski definition) is 5. The van der Waals surface area contributed by atoms with Crippen LogP contribution in [0.4, 0.5) is 5.82 Å². The summed E-state index contributed by atoms with van der Waals surface area (Å²) in [5.41, 5.74) is 0.762. The summed E-state index contributed by atoms with van der Waals surface area (Å²) < 4.78 is 1.84. The van der Waals surface area contributed by atoms with Crippen LogP contribution >= 0.6 is 0 Å². The maximum atomic E-state index is 4.23. The Morgan fingerprint density at radius 3 is 3.12 bits per heavy atom. The molecule has 0 aromatic carbocycles. The van der Waals surface area contributed by atoms with Gasteiger partial charge in [-0.3, -0.25) is 4.40 Å². The van der Waals surface area contributed by atoms with E-state index in [0.717, 1.165) is 37.5 Å². The number of nitrogens with zero attached hydrogens (tertiary/aromatic N) is 4. The van der Waals surface area contributed by atoms with Crippen molar-refractivity contribution in [2.45, 2.75) is 13.3 Å². The molecule has 0 spiro atoms. The van der Waals surface area contributed by atoms with Crippen molar-refractivity contribution < 1.29 is 0 Å². The van der Waals surface area contributed by atoms with Crippen LogP contribution in [0.15, 0.2) is 18.7 Å². The lowest BCUT2D eigenvalue weighted by atomic mass is 10.4. The van der Waals surface area contributed by atoms with Gasteiger partial charge in [-0.25, -0.2) is 4.98 Å². The molecule has 16 heavy (non-hydrogen) atoms. The topological polar surface area (TPSA) is 67.1 Å². The van der Waals surface area contributed by atoms with Crippen molar-refractivity contribution in [3.8, 4) is 0 Å². The number of anilines is 1. The van der Waals surface area contributed by atoms with Gasteiger partial charge in [0.15, 0.2) is 5.82 Å². The van der Waals surface area contributed by atoms with E-state index in [0.29, 0.717) is 0 Å². The molecule has 0 amide bonds. The van der Waals surface area contributed by atoms with Crippen LogP contribution < -0.4 is 10.6 Å². The molecule has 0 aliphatic heterocycles. The molecule has 0 saturated heterocycles. The lowest BCUT2D eigenvalue weighted by Crippen LogP contribution is -2.23. The molecule has 0 aliphatic carbocycles. The first-order valence-corrected chi connectivity index (χ1v) is 5.50. The molecule has 2 rings (SSSR count). The Balaban J connectivity index is 1.91. The molecule has 0 atom stereocenters. The lowest BCUT2D eigenvalue weighted by molar-refractivity contribution is 0.687. The normalized spacial score (nSPS) is 10.8. The monoisotopic (exact) mass is 220 g/mol. The maximum Gasteiger partial charge on any atom is 0.203 e. The van der Waals surface area contributed by atoms with Crippen molar-refractivity contribution in [1.82, 2.24) is 24.9 Å². The van der Waals surface area contributed by atoms with Gasteiger partial charge in [0, 0.05) is 25.5 Å².